The Labute approximate surface area is 168 Å². The van der Waals surface area contributed by atoms with Crippen LogP contribution in [0, 0.1) is 6.92 Å². The molecule has 7 heteroatoms. The van der Waals surface area contributed by atoms with Gasteiger partial charge >= 0.3 is 0 Å². The molecule has 0 radical (unpaired) electrons. The van der Waals surface area contributed by atoms with Crippen LogP contribution in [0.1, 0.15) is 11.3 Å². The number of nitrogens with zero attached hydrogens (tertiary/aromatic N) is 1. The molecule has 146 valence electrons. The second-order valence-electron chi connectivity index (χ2n) is 6.28. The minimum Gasteiger partial charge on any atom is -0.494 e. The Morgan fingerprint density at radius 1 is 1.18 bits per heavy atom. The molecule has 6 nitrogen and oxygen atoms in total. The monoisotopic (exact) mass is 399 g/mol. The lowest BCUT2D eigenvalue weighted by atomic mass is 10.1. The van der Waals surface area contributed by atoms with Gasteiger partial charge in [0.05, 0.1) is 35.4 Å². The fourth-order valence-corrected chi connectivity index (χ4v) is 3.08. The van der Waals surface area contributed by atoms with E-state index in [2.05, 4.69) is 15.6 Å². The number of amides is 1. The van der Waals surface area contributed by atoms with Gasteiger partial charge in [0, 0.05) is 11.1 Å². The maximum atomic E-state index is 11.9. The molecule has 2 N–H and O–H groups in total. The van der Waals surface area contributed by atoms with Gasteiger partial charge in [-0.25, -0.2) is 0 Å². The van der Waals surface area contributed by atoms with Crippen LogP contribution in [0.25, 0.3) is 10.9 Å². The van der Waals surface area contributed by atoms with Crippen LogP contribution in [0.3, 0.4) is 0 Å². The van der Waals surface area contributed by atoms with Gasteiger partial charge in [0.25, 0.3) is 0 Å². The molecular weight excluding hydrogens is 378 g/mol. The molecule has 0 bridgehead atoms. The molecule has 0 unspecified atom stereocenters. The SMILES string of the molecule is CNCC(=O)Nc1ccc(Cl)c(COc2ccc3nc(C)ccc3c2)c1OC. The van der Waals surface area contributed by atoms with Crippen molar-refractivity contribution < 1.29 is 14.3 Å². The zero-order chi connectivity index (χ0) is 20.1. The van der Waals surface area contributed by atoms with E-state index < -0.39 is 0 Å². The smallest absolute Gasteiger partial charge is 0.238 e. The fourth-order valence-electron chi connectivity index (χ4n) is 2.88. The number of nitrogens with one attached hydrogen (secondary N) is 2. The highest BCUT2D eigenvalue weighted by atomic mass is 35.5. The van der Waals surface area contributed by atoms with Crippen LogP contribution in [0.15, 0.2) is 42.5 Å². The van der Waals surface area contributed by atoms with E-state index in [1.807, 2.05) is 37.3 Å². The van der Waals surface area contributed by atoms with Crippen molar-refractivity contribution in [2.45, 2.75) is 13.5 Å². The van der Waals surface area contributed by atoms with Crippen LogP contribution in [0.5, 0.6) is 11.5 Å². The number of rotatable bonds is 7. The lowest BCUT2D eigenvalue weighted by molar-refractivity contribution is -0.115. The third kappa shape index (κ3) is 4.52. The van der Waals surface area contributed by atoms with Gasteiger partial charge in [0.2, 0.25) is 5.91 Å². The Balaban J connectivity index is 1.83. The van der Waals surface area contributed by atoms with Crippen molar-refractivity contribution in [2.75, 3.05) is 26.0 Å². The number of benzene rings is 2. The molecule has 2 aromatic carbocycles. The molecule has 1 amide bonds. The Morgan fingerprint density at radius 2 is 2.00 bits per heavy atom. The lowest BCUT2D eigenvalue weighted by Gasteiger charge is -2.16. The molecule has 0 aliphatic carbocycles. The highest BCUT2D eigenvalue weighted by Gasteiger charge is 2.16. The number of methoxy groups -OCH3 is 1. The molecule has 0 fully saturated rings. The zero-order valence-electron chi connectivity index (χ0n) is 16.0. The molecule has 0 saturated carbocycles. The van der Waals surface area contributed by atoms with Gasteiger partial charge < -0.3 is 20.1 Å². The van der Waals surface area contributed by atoms with Crippen LogP contribution in [-0.2, 0) is 11.4 Å². The summed E-state index contributed by atoms with van der Waals surface area (Å²) in [7, 11) is 3.24. The van der Waals surface area contributed by atoms with Gasteiger partial charge in [0.1, 0.15) is 18.1 Å². The summed E-state index contributed by atoms with van der Waals surface area (Å²) in [6.07, 6.45) is 0. The van der Waals surface area contributed by atoms with Crippen molar-refractivity contribution in [3.8, 4) is 11.5 Å². The van der Waals surface area contributed by atoms with Crippen molar-refractivity contribution >= 4 is 34.1 Å². The number of halogens is 1. The maximum absolute atomic E-state index is 11.9. The summed E-state index contributed by atoms with van der Waals surface area (Å²) in [5.74, 6) is 1.00. The first kappa shape index (κ1) is 19.9. The molecule has 0 aliphatic heterocycles. The second kappa shape index (κ2) is 8.91. The van der Waals surface area contributed by atoms with Crippen LogP contribution in [0.4, 0.5) is 5.69 Å². The second-order valence-corrected chi connectivity index (χ2v) is 6.69. The molecule has 3 aromatic rings. The maximum Gasteiger partial charge on any atom is 0.238 e. The highest BCUT2D eigenvalue weighted by molar-refractivity contribution is 6.31. The summed E-state index contributed by atoms with van der Waals surface area (Å²) in [6, 6.07) is 13.1. The number of carbonyl (C=O) groups is 1. The van der Waals surface area contributed by atoms with E-state index in [9.17, 15) is 4.79 Å². The molecule has 0 aliphatic rings. The van der Waals surface area contributed by atoms with E-state index in [1.54, 1.807) is 19.2 Å². The molecular formula is C21H22ClN3O3. The van der Waals surface area contributed by atoms with Crippen molar-refractivity contribution in [1.82, 2.24) is 10.3 Å². The number of carbonyl (C=O) groups excluding carboxylic acids is 1. The topological polar surface area (TPSA) is 72.5 Å². The molecule has 1 heterocycles. The number of hydrogen-bond donors (Lipinski definition) is 2. The van der Waals surface area contributed by atoms with E-state index in [1.165, 1.54) is 7.11 Å². The Bertz CT molecular complexity index is 1010. The number of aryl methyl sites for hydroxylation is 1. The summed E-state index contributed by atoms with van der Waals surface area (Å²) in [6.45, 7) is 2.35. The molecule has 0 saturated heterocycles. The summed E-state index contributed by atoms with van der Waals surface area (Å²) in [5.41, 5.74) is 3.09. The predicted octanol–water partition coefficient (Wildman–Crippen LogP) is 3.94. The number of ether oxygens (including phenoxy) is 2. The molecule has 28 heavy (non-hydrogen) atoms. The van der Waals surface area contributed by atoms with E-state index in [-0.39, 0.29) is 19.1 Å². The van der Waals surface area contributed by atoms with Crippen LogP contribution >= 0.6 is 11.6 Å². The number of hydrogen-bond acceptors (Lipinski definition) is 5. The van der Waals surface area contributed by atoms with Gasteiger partial charge in [-0.2, -0.15) is 0 Å². The van der Waals surface area contributed by atoms with Crippen molar-refractivity contribution in [2.24, 2.45) is 0 Å². The Hall–Kier alpha value is -2.83. The first-order valence-corrected chi connectivity index (χ1v) is 9.19. The van der Waals surface area contributed by atoms with E-state index in [4.69, 9.17) is 21.1 Å². The summed E-state index contributed by atoms with van der Waals surface area (Å²) in [5, 5.41) is 7.11. The lowest BCUT2D eigenvalue weighted by Crippen LogP contribution is -2.25. The zero-order valence-corrected chi connectivity index (χ0v) is 16.8. The van der Waals surface area contributed by atoms with Crippen LogP contribution in [-0.4, -0.2) is 31.6 Å². The summed E-state index contributed by atoms with van der Waals surface area (Å²) >= 11 is 6.36. The average molecular weight is 400 g/mol. The van der Waals surface area contributed by atoms with Crippen molar-refractivity contribution in [1.29, 1.82) is 0 Å². The quantitative estimate of drug-likeness (QED) is 0.629. The highest BCUT2D eigenvalue weighted by Crippen LogP contribution is 2.35. The number of likely N-dealkylation sites (N-methyl/N-ethyl adjacent to an activating group) is 1. The van der Waals surface area contributed by atoms with Gasteiger partial charge in [-0.1, -0.05) is 17.7 Å². The minimum atomic E-state index is -0.174. The predicted molar refractivity (Wildman–Crippen MR) is 111 cm³/mol. The first-order valence-electron chi connectivity index (χ1n) is 8.82. The first-order chi connectivity index (χ1) is 13.5. The third-order valence-electron chi connectivity index (χ3n) is 4.20. The van der Waals surface area contributed by atoms with Crippen molar-refractivity contribution in [3.63, 3.8) is 0 Å². The summed E-state index contributed by atoms with van der Waals surface area (Å²) in [4.78, 5) is 16.4. The van der Waals surface area contributed by atoms with Crippen molar-refractivity contribution in [3.05, 3.63) is 58.7 Å². The average Bonchev–Trinajstić information content (AvgIpc) is 2.68. The molecule has 1 aromatic heterocycles. The molecule has 0 atom stereocenters. The van der Waals surface area contributed by atoms with Gasteiger partial charge in [-0.05, 0) is 50.4 Å². The largest absolute Gasteiger partial charge is 0.494 e. The number of anilines is 1. The Morgan fingerprint density at radius 3 is 2.75 bits per heavy atom. The van der Waals surface area contributed by atoms with Gasteiger partial charge in [-0.15, -0.1) is 0 Å². The van der Waals surface area contributed by atoms with Gasteiger partial charge in [0.15, 0.2) is 0 Å². The van der Waals surface area contributed by atoms with E-state index in [0.29, 0.717) is 27.8 Å². The number of fused-ring (bicyclic) bond motifs is 1. The Kier molecular flexibility index (Phi) is 6.34. The molecule has 3 rings (SSSR count). The number of pyridine rings is 1. The minimum absolute atomic E-state index is 0.174. The standard InChI is InChI=1S/C21H22ClN3O3/c1-13-4-5-14-10-15(6-8-18(14)24-13)28-12-16-17(22)7-9-19(21(16)27-3)25-20(26)11-23-2/h4-10,23H,11-12H2,1-3H3,(H,25,26). The van der Waals surface area contributed by atoms with E-state index >= 15 is 0 Å². The number of aromatic nitrogens is 1. The molecule has 0 spiro atoms. The third-order valence-corrected chi connectivity index (χ3v) is 4.56. The summed E-state index contributed by atoms with van der Waals surface area (Å²) < 4.78 is 11.4. The normalized spacial score (nSPS) is 10.7. The van der Waals surface area contributed by atoms with Gasteiger partial charge in [-0.3, -0.25) is 9.78 Å². The fraction of sp³-hybridized carbons (Fsp3) is 0.238. The van der Waals surface area contributed by atoms with Crippen LogP contribution in [0.2, 0.25) is 5.02 Å². The van der Waals surface area contributed by atoms with E-state index in [0.717, 1.165) is 16.6 Å². The van der Waals surface area contributed by atoms with Crippen LogP contribution < -0.4 is 20.1 Å².